The van der Waals surface area contributed by atoms with Gasteiger partial charge in [0, 0.05) is 12.8 Å². The van der Waals surface area contributed by atoms with Gasteiger partial charge in [0.25, 0.3) is 0 Å². The second-order valence-electron chi connectivity index (χ2n) is 13.7. The number of hydrogen-bond acceptors (Lipinski definition) is 8. The lowest BCUT2D eigenvalue weighted by atomic mass is 9.90. The molecular formula is C45H40N2O8. The van der Waals surface area contributed by atoms with Crippen molar-refractivity contribution in [2.75, 3.05) is 0 Å². The van der Waals surface area contributed by atoms with Crippen LogP contribution in [0.5, 0.6) is 0 Å². The van der Waals surface area contributed by atoms with Crippen molar-refractivity contribution in [3.8, 4) is 0 Å². The molecule has 10 nitrogen and oxygen atoms in total. The fraction of sp³-hybridized carbons (Fsp3) is 0.222. The average molecular weight is 737 g/mol. The summed E-state index contributed by atoms with van der Waals surface area (Å²) in [6.07, 6.45) is -2.54. The molecule has 2 amide bonds. The summed E-state index contributed by atoms with van der Waals surface area (Å²) in [7, 11) is 0. The molecule has 0 aliphatic carbocycles. The fourth-order valence-corrected chi connectivity index (χ4v) is 7.61. The van der Waals surface area contributed by atoms with Gasteiger partial charge in [0.05, 0.1) is 6.04 Å². The molecule has 7 rings (SSSR count). The van der Waals surface area contributed by atoms with E-state index in [9.17, 15) is 24.0 Å². The largest absolute Gasteiger partial charge is 0.460 e. The van der Waals surface area contributed by atoms with Gasteiger partial charge in [-0.15, -0.1) is 0 Å². The Morgan fingerprint density at radius 3 is 1.42 bits per heavy atom. The Labute approximate surface area is 319 Å². The van der Waals surface area contributed by atoms with Crippen LogP contribution in [0.15, 0.2) is 152 Å². The number of ether oxygens (including phenoxy) is 3. The molecule has 2 aliphatic rings. The molecule has 5 unspecified atom stereocenters. The number of nitrogens with one attached hydrogen (secondary N) is 1. The van der Waals surface area contributed by atoms with Crippen LogP contribution in [0, 0.1) is 5.92 Å². The molecule has 6 atom stereocenters. The number of rotatable bonds is 12. The second kappa shape index (κ2) is 16.2. The van der Waals surface area contributed by atoms with Crippen LogP contribution in [-0.2, 0) is 38.2 Å². The van der Waals surface area contributed by atoms with E-state index in [0.717, 1.165) is 11.1 Å². The molecule has 10 heteroatoms. The van der Waals surface area contributed by atoms with E-state index in [0.29, 0.717) is 16.7 Å². The van der Waals surface area contributed by atoms with Gasteiger partial charge in [-0.25, -0.2) is 4.79 Å². The van der Waals surface area contributed by atoms with E-state index in [1.54, 1.807) is 37.3 Å². The molecule has 2 saturated heterocycles. The van der Waals surface area contributed by atoms with E-state index in [1.807, 2.05) is 121 Å². The minimum absolute atomic E-state index is 0.360. The van der Waals surface area contributed by atoms with Crippen molar-refractivity contribution in [1.82, 2.24) is 10.2 Å². The molecule has 0 bridgehead atoms. The summed E-state index contributed by atoms with van der Waals surface area (Å²) in [5.74, 6) is -5.60. The zero-order valence-corrected chi connectivity index (χ0v) is 30.3. The molecule has 5 aromatic rings. The Morgan fingerprint density at radius 2 is 1.00 bits per heavy atom. The SMILES string of the molecule is CC(=O)OC1C(C)C(C(=O)OC(c2ccccc2)c2ccccc2)N2C(=O)C(NC(=O)C(C(=O)OC(c3ccccc3)c3ccccc3)c3ccccc3)[C@@H]12. The first kappa shape index (κ1) is 36.8. The van der Waals surface area contributed by atoms with Crippen molar-refractivity contribution < 1.29 is 38.2 Å². The van der Waals surface area contributed by atoms with Gasteiger partial charge in [0.1, 0.15) is 18.2 Å². The maximum atomic E-state index is 14.3. The highest BCUT2D eigenvalue weighted by atomic mass is 16.6. The summed E-state index contributed by atoms with van der Waals surface area (Å²) in [5.41, 5.74) is 3.26. The summed E-state index contributed by atoms with van der Waals surface area (Å²) in [4.78, 5) is 70.3. The molecule has 1 N–H and O–H groups in total. The van der Waals surface area contributed by atoms with E-state index in [2.05, 4.69) is 5.32 Å². The third-order valence-electron chi connectivity index (χ3n) is 10.2. The van der Waals surface area contributed by atoms with Crippen molar-refractivity contribution in [2.24, 2.45) is 5.92 Å². The normalized spacial score (nSPS) is 20.5. The Balaban J connectivity index is 1.15. The van der Waals surface area contributed by atoms with Crippen LogP contribution in [-0.4, -0.2) is 58.9 Å². The first-order chi connectivity index (χ1) is 26.7. The number of fused-ring (bicyclic) bond motifs is 1. The fourth-order valence-electron chi connectivity index (χ4n) is 7.61. The van der Waals surface area contributed by atoms with Crippen LogP contribution in [0.4, 0.5) is 0 Å². The molecule has 0 saturated carbocycles. The van der Waals surface area contributed by atoms with Crippen molar-refractivity contribution in [3.05, 3.63) is 179 Å². The Kier molecular flexibility index (Phi) is 10.8. The van der Waals surface area contributed by atoms with Crippen molar-refractivity contribution in [1.29, 1.82) is 0 Å². The maximum Gasteiger partial charge on any atom is 0.330 e. The van der Waals surface area contributed by atoms with Gasteiger partial charge in [-0.3, -0.25) is 19.2 Å². The van der Waals surface area contributed by atoms with Gasteiger partial charge in [0.2, 0.25) is 11.8 Å². The van der Waals surface area contributed by atoms with E-state index >= 15 is 0 Å². The molecule has 2 fully saturated rings. The average Bonchev–Trinajstić information content (AvgIpc) is 3.47. The Hall–Kier alpha value is -6.55. The van der Waals surface area contributed by atoms with Crippen molar-refractivity contribution in [3.63, 3.8) is 0 Å². The highest BCUT2D eigenvalue weighted by Crippen LogP contribution is 2.43. The summed E-state index contributed by atoms with van der Waals surface area (Å²) >= 11 is 0. The first-order valence-electron chi connectivity index (χ1n) is 18.2. The molecule has 278 valence electrons. The molecule has 5 aromatic carbocycles. The van der Waals surface area contributed by atoms with Crippen molar-refractivity contribution >= 4 is 29.7 Å². The monoisotopic (exact) mass is 736 g/mol. The highest BCUT2D eigenvalue weighted by Gasteiger charge is 2.66. The molecule has 2 aliphatic heterocycles. The quantitative estimate of drug-likeness (QED) is 0.0707. The summed E-state index contributed by atoms with van der Waals surface area (Å²) < 4.78 is 18.0. The van der Waals surface area contributed by atoms with E-state index in [1.165, 1.54) is 11.8 Å². The minimum Gasteiger partial charge on any atom is -0.460 e. The predicted octanol–water partition coefficient (Wildman–Crippen LogP) is 6.08. The first-order valence-corrected chi connectivity index (χ1v) is 18.2. The van der Waals surface area contributed by atoms with Gasteiger partial charge >= 0.3 is 17.9 Å². The standard InChI is InChI=1S/C45H40N2O8/c1-28-37(45(52)55-41(33-24-14-6-15-25-33)34-26-16-7-17-27-34)47-38(39(28)53-29(2)48)36(43(47)50)46-42(49)35(30-18-8-3-9-19-30)44(51)54-40(31-20-10-4-11-21-31)32-22-12-5-13-23-32/h3-28,35-41H,1-2H3,(H,46,49)/t28?,35?,36?,37?,38-,39?/m0/s1. The highest BCUT2D eigenvalue weighted by molar-refractivity contribution is 6.06. The molecule has 0 aromatic heterocycles. The van der Waals surface area contributed by atoms with Gasteiger partial charge in [-0.05, 0) is 27.8 Å². The molecule has 0 radical (unpaired) electrons. The number of nitrogens with zero attached hydrogens (tertiary/aromatic N) is 1. The van der Waals surface area contributed by atoms with Crippen LogP contribution in [0.2, 0.25) is 0 Å². The zero-order chi connectivity index (χ0) is 38.5. The molecule has 0 spiro atoms. The van der Waals surface area contributed by atoms with Gasteiger partial charge < -0.3 is 24.4 Å². The third-order valence-corrected chi connectivity index (χ3v) is 10.2. The van der Waals surface area contributed by atoms with Gasteiger partial charge in [0.15, 0.2) is 18.1 Å². The van der Waals surface area contributed by atoms with E-state index in [4.69, 9.17) is 14.2 Å². The third kappa shape index (κ3) is 7.62. The zero-order valence-electron chi connectivity index (χ0n) is 30.3. The minimum atomic E-state index is -1.46. The number of carbonyl (C=O) groups excluding carboxylic acids is 5. The van der Waals surface area contributed by atoms with Crippen LogP contribution in [0.25, 0.3) is 0 Å². The van der Waals surface area contributed by atoms with Crippen LogP contribution < -0.4 is 5.32 Å². The lowest BCUT2D eigenvalue weighted by molar-refractivity contribution is -0.169. The van der Waals surface area contributed by atoms with Crippen molar-refractivity contribution in [2.45, 2.75) is 56.2 Å². The number of amides is 2. The summed E-state index contributed by atoms with van der Waals surface area (Å²) in [6, 6.07) is 42.2. The maximum absolute atomic E-state index is 14.3. The second-order valence-corrected chi connectivity index (χ2v) is 13.7. The number of β-lactam (4-membered cyclic amide) rings is 1. The number of esters is 3. The molecule has 55 heavy (non-hydrogen) atoms. The van der Waals surface area contributed by atoms with Crippen LogP contribution in [0.1, 0.15) is 59.8 Å². The number of carbonyl (C=O) groups is 5. The van der Waals surface area contributed by atoms with E-state index < -0.39 is 78.0 Å². The predicted molar refractivity (Wildman–Crippen MR) is 202 cm³/mol. The summed E-state index contributed by atoms with van der Waals surface area (Å²) in [5, 5.41) is 2.77. The van der Waals surface area contributed by atoms with Gasteiger partial charge in [-0.2, -0.15) is 0 Å². The van der Waals surface area contributed by atoms with Crippen LogP contribution >= 0.6 is 0 Å². The smallest absolute Gasteiger partial charge is 0.330 e. The topological polar surface area (TPSA) is 128 Å². The van der Waals surface area contributed by atoms with Crippen LogP contribution in [0.3, 0.4) is 0 Å². The Morgan fingerprint density at radius 1 is 0.600 bits per heavy atom. The van der Waals surface area contributed by atoms with Gasteiger partial charge in [-0.1, -0.05) is 159 Å². The van der Waals surface area contributed by atoms with E-state index in [-0.39, 0.29) is 0 Å². The molecule has 2 heterocycles. The Bertz CT molecular complexity index is 2050. The number of hydrogen-bond donors (Lipinski definition) is 1. The lowest BCUT2D eigenvalue weighted by Gasteiger charge is -2.46. The number of benzene rings is 5. The summed E-state index contributed by atoms with van der Waals surface area (Å²) in [6.45, 7) is 2.95. The molecular weight excluding hydrogens is 697 g/mol. The lowest BCUT2D eigenvalue weighted by Crippen LogP contribution is -2.73.